The second kappa shape index (κ2) is 15.5. The number of hydrogen-bond acceptors (Lipinski definition) is 6. The molecule has 0 spiro atoms. The molecule has 0 saturated carbocycles. The fourth-order valence-electron chi connectivity index (χ4n) is 4.56. The number of nitrogens with one attached hydrogen (secondary N) is 5. The van der Waals surface area contributed by atoms with Crippen LogP contribution in [0.25, 0.3) is 21.8 Å². The van der Waals surface area contributed by atoms with E-state index < -0.39 is 11.8 Å². The topological polar surface area (TPSA) is 179 Å². The summed E-state index contributed by atoms with van der Waals surface area (Å²) in [6.45, 7) is 1.40. The fourth-order valence-corrected chi connectivity index (χ4v) is 4.56. The van der Waals surface area contributed by atoms with Crippen molar-refractivity contribution in [2.75, 3.05) is 21.7 Å². The third kappa shape index (κ3) is 8.37. The smallest absolute Gasteiger partial charge is 0.261 e. The largest absolute Gasteiger partial charge is 0.399 e. The Labute approximate surface area is 270 Å². The van der Waals surface area contributed by atoms with Crippen LogP contribution in [-0.2, 0) is 4.79 Å². The van der Waals surface area contributed by atoms with Gasteiger partial charge in [-0.3, -0.25) is 24.0 Å². The molecule has 0 saturated heterocycles. The van der Waals surface area contributed by atoms with Gasteiger partial charge in [-0.2, -0.15) is 0 Å². The van der Waals surface area contributed by atoms with E-state index in [2.05, 4.69) is 25.9 Å². The molecule has 0 unspecified atom stereocenters. The maximum absolute atomic E-state index is 12.4. The van der Waals surface area contributed by atoms with E-state index in [1.54, 1.807) is 84.9 Å². The van der Waals surface area contributed by atoms with Gasteiger partial charge >= 0.3 is 0 Å². The van der Waals surface area contributed by atoms with Gasteiger partial charge in [0.05, 0.1) is 0 Å². The van der Waals surface area contributed by atoms with Gasteiger partial charge < -0.3 is 31.7 Å². The predicted octanol–water partition coefficient (Wildman–Crippen LogP) is 6.37. The van der Waals surface area contributed by atoms with E-state index in [4.69, 9.17) is 5.73 Å². The molecule has 4 aromatic carbocycles. The Bertz CT molecular complexity index is 2190. The third-order valence-electron chi connectivity index (χ3n) is 6.65. The first-order valence-corrected chi connectivity index (χ1v) is 13.8. The van der Waals surface area contributed by atoms with Crippen molar-refractivity contribution in [3.05, 3.63) is 141 Å². The van der Waals surface area contributed by atoms with E-state index in [-0.39, 0.29) is 42.7 Å². The molecule has 0 fully saturated rings. The van der Waals surface area contributed by atoms with Gasteiger partial charge in [-0.1, -0.05) is 51.3 Å². The van der Waals surface area contributed by atoms with Gasteiger partial charge in [-0.15, -0.1) is 0 Å². The van der Waals surface area contributed by atoms with Crippen molar-refractivity contribution in [2.45, 2.75) is 21.8 Å². The van der Waals surface area contributed by atoms with Crippen LogP contribution in [-0.4, -0.2) is 27.7 Å². The average molecular weight is 633 g/mol. The number of hydrogen-bond donors (Lipinski definition) is 6. The number of fused-ring (bicyclic) bond motifs is 2. The molecule has 47 heavy (non-hydrogen) atoms. The number of aromatic amines is 2. The van der Waals surface area contributed by atoms with E-state index in [1.165, 1.54) is 19.3 Å². The molecule has 7 N–H and O–H groups in total. The van der Waals surface area contributed by atoms with Crippen LogP contribution in [0.1, 0.15) is 42.5 Å². The fraction of sp³-hybridized carbons (Fsp3) is 0.0833. The van der Waals surface area contributed by atoms with Gasteiger partial charge in [0, 0.05) is 63.9 Å². The molecule has 0 aliphatic carbocycles. The van der Waals surface area contributed by atoms with Gasteiger partial charge in [-0.25, -0.2) is 0 Å². The molecule has 3 amide bonds. The second-order valence-electron chi connectivity index (χ2n) is 9.95. The standard InChI is InChI=1S/C18H15N3O3.C16H13N3O2.2CH4/c1-11(22)20-12-5-4-6-13(9-12)21-18(24)15-10-19-16-8-3-2-7-14(16)17(15)23;17-10-4-3-5-11(8-10)19-16(21)13-9-18-14-7-2-1-6-12(14)15(13)20;;/h2-10H,1H3,(H,19,23)(H,20,22)(H,21,24);1-9H,17H2,(H,18,20)(H,19,21);2*1H4. The highest BCUT2D eigenvalue weighted by Gasteiger charge is 2.14. The number of aromatic nitrogens is 2. The Morgan fingerprint density at radius 1 is 0.574 bits per heavy atom. The summed E-state index contributed by atoms with van der Waals surface area (Å²) in [5, 5.41) is 8.91. The minimum Gasteiger partial charge on any atom is -0.399 e. The first-order chi connectivity index (χ1) is 21.7. The molecule has 6 rings (SSSR count). The van der Waals surface area contributed by atoms with Crippen molar-refractivity contribution in [1.29, 1.82) is 0 Å². The van der Waals surface area contributed by atoms with Crippen LogP contribution in [0.15, 0.2) is 119 Å². The van der Waals surface area contributed by atoms with Crippen molar-refractivity contribution in [1.82, 2.24) is 9.97 Å². The van der Waals surface area contributed by atoms with Crippen LogP contribution in [0.3, 0.4) is 0 Å². The molecule has 0 atom stereocenters. The number of benzene rings is 4. The summed E-state index contributed by atoms with van der Waals surface area (Å²) in [7, 11) is 0. The number of rotatable bonds is 5. The molecule has 2 aromatic heterocycles. The van der Waals surface area contributed by atoms with Crippen molar-refractivity contribution in [2.24, 2.45) is 0 Å². The molecule has 2 heterocycles. The van der Waals surface area contributed by atoms with Crippen molar-refractivity contribution >= 4 is 62.3 Å². The molecule has 11 nitrogen and oxygen atoms in total. The van der Waals surface area contributed by atoms with E-state index in [9.17, 15) is 24.0 Å². The molecular formula is C36H36N6O5. The third-order valence-corrected chi connectivity index (χ3v) is 6.65. The lowest BCUT2D eigenvalue weighted by Crippen LogP contribution is -2.22. The Hall–Kier alpha value is -6.49. The van der Waals surface area contributed by atoms with Gasteiger partial charge in [0.2, 0.25) is 16.8 Å². The zero-order valence-electron chi connectivity index (χ0n) is 24.0. The number of anilines is 4. The van der Waals surface area contributed by atoms with Crippen LogP contribution in [0.5, 0.6) is 0 Å². The SMILES string of the molecule is C.C.CC(=O)Nc1cccc(NC(=O)c2c[nH]c3ccccc3c2=O)c1.Nc1cccc(NC(=O)c2c[nH]c3ccccc3c2=O)c1. The first kappa shape index (κ1) is 35.0. The number of amides is 3. The summed E-state index contributed by atoms with van der Waals surface area (Å²) >= 11 is 0. The highest BCUT2D eigenvalue weighted by Crippen LogP contribution is 2.17. The van der Waals surface area contributed by atoms with E-state index in [0.717, 1.165) is 0 Å². The number of nitrogen functional groups attached to an aromatic ring is 1. The predicted molar refractivity (Wildman–Crippen MR) is 190 cm³/mol. The van der Waals surface area contributed by atoms with Crippen molar-refractivity contribution < 1.29 is 14.4 Å². The van der Waals surface area contributed by atoms with Gasteiger partial charge in [0.25, 0.3) is 11.8 Å². The number of pyridine rings is 2. The van der Waals surface area contributed by atoms with E-state index >= 15 is 0 Å². The molecule has 0 radical (unpaired) electrons. The van der Waals surface area contributed by atoms with Crippen molar-refractivity contribution in [3.63, 3.8) is 0 Å². The van der Waals surface area contributed by atoms with Crippen LogP contribution < -0.4 is 32.5 Å². The van der Waals surface area contributed by atoms with E-state index in [0.29, 0.717) is 44.6 Å². The van der Waals surface area contributed by atoms with Crippen LogP contribution in [0, 0.1) is 0 Å². The van der Waals surface area contributed by atoms with E-state index in [1.807, 2.05) is 12.1 Å². The molecule has 0 aliphatic heterocycles. The highest BCUT2D eigenvalue weighted by atomic mass is 16.2. The average Bonchev–Trinajstić information content (AvgIpc) is 3.02. The minimum absolute atomic E-state index is 0. The summed E-state index contributed by atoms with van der Waals surface area (Å²) in [4.78, 5) is 66.4. The molecule has 0 bridgehead atoms. The molecular weight excluding hydrogens is 596 g/mol. The van der Waals surface area contributed by atoms with Crippen molar-refractivity contribution in [3.8, 4) is 0 Å². The Morgan fingerprint density at radius 3 is 1.47 bits per heavy atom. The number of para-hydroxylation sites is 2. The molecule has 6 aromatic rings. The minimum atomic E-state index is -0.512. The summed E-state index contributed by atoms with van der Waals surface area (Å²) in [5.74, 6) is -1.18. The second-order valence-corrected chi connectivity index (χ2v) is 9.95. The number of nitrogens with two attached hydrogens (primary N) is 1. The van der Waals surface area contributed by atoms with Crippen LogP contribution in [0.4, 0.5) is 22.7 Å². The summed E-state index contributed by atoms with van der Waals surface area (Å²) < 4.78 is 0. The lowest BCUT2D eigenvalue weighted by Gasteiger charge is -2.08. The maximum atomic E-state index is 12.4. The highest BCUT2D eigenvalue weighted by molar-refractivity contribution is 6.06. The molecule has 0 aliphatic rings. The maximum Gasteiger partial charge on any atom is 0.261 e. The lowest BCUT2D eigenvalue weighted by atomic mass is 10.1. The Kier molecular flexibility index (Phi) is 11.5. The van der Waals surface area contributed by atoms with Gasteiger partial charge in [0.1, 0.15) is 11.1 Å². The quantitative estimate of drug-likeness (QED) is 0.120. The number of carbonyl (C=O) groups excluding carboxylic acids is 3. The number of H-pyrrole nitrogens is 2. The monoisotopic (exact) mass is 632 g/mol. The molecule has 240 valence electrons. The zero-order valence-corrected chi connectivity index (χ0v) is 24.0. The first-order valence-electron chi connectivity index (χ1n) is 13.8. The Morgan fingerprint density at radius 2 is 1.00 bits per heavy atom. The Balaban J connectivity index is 0.000000247. The van der Waals surface area contributed by atoms with Crippen LogP contribution >= 0.6 is 0 Å². The van der Waals surface area contributed by atoms with Crippen LogP contribution in [0.2, 0.25) is 0 Å². The van der Waals surface area contributed by atoms with Gasteiger partial charge in [0.15, 0.2) is 0 Å². The number of carbonyl (C=O) groups is 3. The normalized spacial score (nSPS) is 9.98. The zero-order chi connectivity index (χ0) is 31.9. The lowest BCUT2D eigenvalue weighted by molar-refractivity contribution is -0.114. The summed E-state index contributed by atoms with van der Waals surface area (Å²) in [5.41, 5.74) is 8.63. The van der Waals surface area contributed by atoms with Gasteiger partial charge in [-0.05, 0) is 60.7 Å². The summed E-state index contributed by atoms with van der Waals surface area (Å²) in [6.07, 6.45) is 2.82. The molecule has 11 heteroatoms. The summed E-state index contributed by atoms with van der Waals surface area (Å²) in [6, 6.07) is 27.6.